The lowest BCUT2D eigenvalue weighted by atomic mass is 9.88. The van der Waals surface area contributed by atoms with Crippen molar-refractivity contribution in [2.24, 2.45) is 0 Å². The first kappa shape index (κ1) is 22.5. The van der Waals surface area contributed by atoms with E-state index >= 15 is 0 Å². The van der Waals surface area contributed by atoms with Crippen LogP contribution in [0.5, 0.6) is 5.75 Å². The molecule has 0 saturated carbocycles. The van der Waals surface area contributed by atoms with Crippen LogP contribution in [-0.2, 0) is 4.79 Å². The van der Waals surface area contributed by atoms with E-state index in [-0.39, 0.29) is 11.1 Å². The van der Waals surface area contributed by atoms with Crippen LogP contribution in [-0.4, -0.2) is 25.6 Å². The predicted molar refractivity (Wildman–Crippen MR) is 128 cm³/mol. The van der Waals surface area contributed by atoms with Crippen molar-refractivity contribution in [3.63, 3.8) is 0 Å². The topological polar surface area (TPSA) is 65.4 Å². The number of amides is 1. The Labute approximate surface area is 188 Å². The third kappa shape index (κ3) is 4.45. The smallest absolute Gasteiger partial charge is 0.266 e. The van der Waals surface area contributed by atoms with Gasteiger partial charge in [-0.25, -0.2) is 0 Å². The number of rotatable bonds is 4. The number of hydrogen-bond acceptors (Lipinski definition) is 4. The number of nitriles is 1. The van der Waals surface area contributed by atoms with Crippen LogP contribution in [0, 0.1) is 18.3 Å². The minimum atomic E-state index is -0.502. The summed E-state index contributed by atoms with van der Waals surface area (Å²) in [5, 5.41) is 12.9. The summed E-state index contributed by atoms with van der Waals surface area (Å²) >= 11 is 6.04. The van der Waals surface area contributed by atoms with Crippen molar-refractivity contribution in [2.45, 2.75) is 33.2 Å². The minimum Gasteiger partial charge on any atom is -0.496 e. The van der Waals surface area contributed by atoms with E-state index in [2.05, 4.69) is 37.1 Å². The summed E-state index contributed by atoms with van der Waals surface area (Å²) in [6.45, 7) is 8.22. The lowest BCUT2D eigenvalue weighted by molar-refractivity contribution is -0.112. The number of halogens is 1. The highest BCUT2D eigenvalue weighted by Gasteiger charge is 2.29. The van der Waals surface area contributed by atoms with E-state index in [4.69, 9.17) is 16.3 Å². The fraction of sp³-hybridized carbons (Fsp3) is 0.280. The zero-order chi connectivity index (χ0) is 22.9. The molecule has 2 aromatic rings. The quantitative estimate of drug-likeness (QED) is 0.484. The number of hydrogen-bond donors (Lipinski definition) is 1. The lowest BCUT2D eigenvalue weighted by Crippen LogP contribution is -2.42. The van der Waals surface area contributed by atoms with Crippen LogP contribution in [0.15, 0.2) is 42.0 Å². The van der Waals surface area contributed by atoms with Crippen molar-refractivity contribution < 1.29 is 9.53 Å². The fourth-order valence-corrected chi connectivity index (χ4v) is 3.88. The monoisotopic (exact) mass is 435 g/mol. The van der Waals surface area contributed by atoms with E-state index in [1.807, 2.05) is 38.2 Å². The first-order valence-corrected chi connectivity index (χ1v) is 10.3. The maximum Gasteiger partial charge on any atom is 0.266 e. The number of anilines is 2. The second-order valence-electron chi connectivity index (χ2n) is 8.23. The third-order valence-electron chi connectivity index (χ3n) is 5.68. The van der Waals surface area contributed by atoms with Crippen LogP contribution in [0.1, 0.15) is 37.5 Å². The van der Waals surface area contributed by atoms with Gasteiger partial charge < -0.3 is 15.0 Å². The number of allylic oxidation sites excluding steroid dienone is 1. The highest BCUT2D eigenvalue weighted by atomic mass is 35.5. The van der Waals surface area contributed by atoms with E-state index in [9.17, 15) is 10.1 Å². The molecular weight excluding hydrogens is 410 g/mol. The van der Waals surface area contributed by atoms with Gasteiger partial charge in [0.2, 0.25) is 0 Å². The molecule has 31 heavy (non-hydrogen) atoms. The third-order valence-corrected chi connectivity index (χ3v) is 5.92. The summed E-state index contributed by atoms with van der Waals surface area (Å²) in [7, 11) is 3.62. The highest BCUT2D eigenvalue weighted by Crippen LogP contribution is 2.41. The van der Waals surface area contributed by atoms with Crippen molar-refractivity contribution in [3.8, 4) is 11.8 Å². The number of carbonyl (C=O) groups is 1. The molecule has 0 fully saturated rings. The number of nitrogens with zero attached hydrogens (tertiary/aromatic N) is 2. The van der Waals surface area contributed by atoms with Gasteiger partial charge >= 0.3 is 0 Å². The molecule has 0 bridgehead atoms. The molecule has 2 aromatic carbocycles. The van der Waals surface area contributed by atoms with Crippen molar-refractivity contribution in [1.29, 1.82) is 5.26 Å². The molecule has 160 valence electrons. The molecule has 0 saturated heterocycles. The molecule has 1 heterocycles. The van der Waals surface area contributed by atoms with Gasteiger partial charge in [0.05, 0.1) is 12.6 Å². The summed E-state index contributed by atoms with van der Waals surface area (Å²) < 4.78 is 5.59. The molecule has 0 aromatic heterocycles. The second-order valence-corrected chi connectivity index (χ2v) is 8.67. The molecular formula is C25H26ClN3O2. The molecule has 0 unspecified atom stereocenters. The van der Waals surface area contributed by atoms with Gasteiger partial charge in [-0.3, -0.25) is 4.79 Å². The van der Waals surface area contributed by atoms with Gasteiger partial charge in [-0.15, -0.1) is 0 Å². The Balaban J connectivity index is 2.03. The number of benzene rings is 2. The average Bonchev–Trinajstić information content (AvgIpc) is 2.72. The van der Waals surface area contributed by atoms with Crippen LogP contribution in [0.25, 0.3) is 11.6 Å². The summed E-state index contributed by atoms with van der Waals surface area (Å²) in [4.78, 5) is 15.0. The molecule has 6 heteroatoms. The molecule has 1 aliphatic heterocycles. The maximum atomic E-state index is 12.8. The molecule has 1 aliphatic rings. The Morgan fingerprint density at radius 3 is 2.61 bits per heavy atom. The SMILES string of the molecule is COc1cc2c(cc1/C=C(\C#N)C(=O)Nc1cc(Cl)ccc1C)C(C)=CC(C)(C)N2C. The number of carbonyl (C=O) groups excluding carboxylic acids is 1. The molecule has 3 rings (SSSR count). The lowest BCUT2D eigenvalue weighted by Gasteiger charge is -2.41. The minimum absolute atomic E-state index is 0.0243. The Bertz CT molecular complexity index is 1160. The number of nitrogens with one attached hydrogen (secondary N) is 1. The molecule has 1 amide bonds. The van der Waals surface area contributed by atoms with Crippen LogP contribution in [0.2, 0.25) is 5.02 Å². The zero-order valence-electron chi connectivity index (χ0n) is 18.6. The zero-order valence-corrected chi connectivity index (χ0v) is 19.4. The average molecular weight is 436 g/mol. The number of ether oxygens (including phenoxy) is 1. The van der Waals surface area contributed by atoms with E-state index in [1.165, 1.54) is 0 Å². The summed E-state index contributed by atoms with van der Waals surface area (Å²) in [6.07, 6.45) is 3.76. The number of likely N-dealkylation sites (N-methyl/N-ethyl adjacent to an activating group) is 1. The molecule has 1 N–H and O–H groups in total. The van der Waals surface area contributed by atoms with Gasteiger partial charge in [0.25, 0.3) is 5.91 Å². The number of aryl methyl sites for hydroxylation is 1. The summed E-state index contributed by atoms with van der Waals surface area (Å²) in [6, 6.07) is 11.1. The van der Waals surface area contributed by atoms with Crippen LogP contribution >= 0.6 is 11.6 Å². The summed E-state index contributed by atoms with van der Waals surface area (Å²) in [5.74, 6) is 0.0914. The highest BCUT2D eigenvalue weighted by molar-refractivity contribution is 6.31. The van der Waals surface area contributed by atoms with Gasteiger partial charge in [-0.05, 0) is 63.1 Å². The predicted octanol–water partition coefficient (Wildman–Crippen LogP) is 5.83. The van der Waals surface area contributed by atoms with E-state index in [0.29, 0.717) is 22.0 Å². The first-order valence-electron chi connectivity index (χ1n) is 9.92. The van der Waals surface area contributed by atoms with Crippen LogP contribution in [0.4, 0.5) is 11.4 Å². The summed E-state index contributed by atoms with van der Waals surface area (Å²) in [5.41, 5.74) is 5.14. The maximum absolute atomic E-state index is 12.8. The molecule has 5 nitrogen and oxygen atoms in total. The normalized spacial score (nSPS) is 15.0. The van der Waals surface area contributed by atoms with Crippen LogP contribution in [0.3, 0.4) is 0 Å². The van der Waals surface area contributed by atoms with E-state index in [1.54, 1.807) is 25.3 Å². The Hall–Kier alpha value is -3.23. The number of methoxy groups -OCH3 is 1. The van der Waals surface area contributed by atoms with Gasteiger partial charge in [0.1, 0.15) is 17.4 Å². The van der Waals surface area contributed by atoms with Crippen molar-refractivity contribution in [2.75, 3.05) is 24.4 Å². The van der Waals surface area contributed by atoms with Crippen molar-refractivity contribution >= 4 is 40.5 Å². The van der Waals surface area contributed by atoms with E-state index < -0.39 is 5.91 Å². The molecule has 0 atom stereocenters. The van der Waals surface area contributed by atoms with E-state index in [0.717, 1.165) is 22.4 Å². The standard InChI is InChI=1S/C25H26ClN3O2/c1-15-7-8-19(26)11-21(15)28-24(30)18(14-27)9-17-10-20-16(2)13-25(3,4)29(5)22(20)12-23(17)31-6/h7-13H,1-6H3,(H,28,30)/b18-9+. The molecule has 0 radical (unpaired) electrons. The Morgan fingerprint density at radius 2 is 1.97 bits per heavy atom. The molecule has 0 aliphatic carbocycles. The van der Waals surface area contributed by atoms with Crippen LogP contribution < -0.4 is 15.0 Å². The first-order chi connectivity index (χ1) is 14.6. The van der Waals surface area contributed by atoms with Gasteiger partial charge in [-0.2, -0.15) is 5.26 Å². The Morgan fingerprint density at radius 1 is 1.26 bits per heavy atom. The second kappa shape index (κ2) is 8.49. The van der Waals surface area contributed by atoms with Crippen molar-refractivity contribution in [3.05, 3.63) is 63.7 Å². The largest absolute Gasteiger partial charge is 0.496 e. The van der Waals surface area contributed by atoms with Gasteiger partial charge in [0.15, 0.2) is 0 Å². The molecule has 0 spiro atoms. The van der Waals surface area contributed by atoms with Gasteiger partial charge in [0, 0.05) is 40.6 Å². The van der Waals surface area contributed by atoms with Gasteiger partial charge in [-0.1, -0.05) is 23.7 Å². The van der Waals surface area contributed by atoms with Crippen molar-refractivity contribution in [1.82, 2.24) is 0 Å². The Kier molecular flexibility index (Phi) is 6.15. The fourth-order valence-electron chi connectivity index (χ4n) is 3.71. The number of fused-ring (bicyclic) bond motifs is 1.